The van der Waals surface area contributed by atoms with E-state index in [0.29, 0.717) is 17.9 Å². The number of para-hydroxylation sites is 2. The zero-order chi connectivity index (χ0) is 15.9. The first-order valence-corrected chi connectivity index (χ1v) is 6.73. The Labute approximate surface area is 124 Å². The number of hydrogen-bond acceptors (Lipinski definition) is 4. The molecule has 1 aromatic rings. The first kappa shape index (κ1) is 16.8. The summed E-state index contributed by atoms with van der Waals surface area (Å²) in [7, 11) is 2.86. The predicted molar refractivity (Wildman–Crippen MR) is 80.5 cm³/mol. The van der Waals surface area contributed by atoms with Crippen LogP contribution in [0.2, 0.25) is 0 Å². The zero-order valence-corrected chi connectivity index (χ0v) is 12.9. The van der Waals surface area contributed by atoms with Crippen LogP contribution in [0.5, 0.6) is 5.75 Å². The van der Waals surface area contributed by atoms with Crippen LogP contribution in [-0.4, -0.2) is 31.8 Å². The minimum Gasteiger partial charge on any atom is -0.495 e. The van der Waals surface area contributed by atoms with E-state index in [0.717, 1.165) is 0 Å². The number of amides is 2. The number of anilines is 1. The molecule has 0 saturated carbocycles. The Kier molecular flexibility index (Phi) is 6.02. The number of methoxy groups -OCH3 is 2. The van der Waals surface area contributed by atoms with Gasteiger partial charge in [-0.3, -0.25) is 4.79 Å². The van der Waals surface area contributed by atoms with Crippen molar-refractivity contribution in [3.05, 3.63) is 24.3 Å². The van der Waals surface area contributed by atoms with Crippen molar-refractivity contribution in [1.29, 1.82) is 0 Å². The highest BCUT2D eigenvalue weighted by atomic mass is 16.5. The van der Waals surface area contributed by atoms with E-state index < -0.39 is 11.6 Å². The molecule has 0 aliphatic rings. The van der Waals surface area contributed by atoms with E-state index in [4.69, 9.17) is 4.74 Å². The Morgan fingerprint density at radius 1 is 1.24 bits per heavy atom. The molecule has 0 bridgehead atoms. The van der Waals surface area contributed by atoms with Gasteiger partial charge in [0.25, 0.3) is 0 Å². The summed E-state index contributed by atoms with van der Waals surface area (Å²) in [5, 5.41) is 5.52. The molecule has 6 heteroatoms. The highest BCUT2D eigenvalue weighted by Crippen LogP contribution is 2.23. The molecule has 0 heterocycles. The van der Waals surface area contributed by atoms with E-state index in [-0.39, 0.29) is 12.4 Å². The molecule has 0 aliphatic heterocycles. The molecule has 116 valence electrons. The first-order valence-electron chi connectivity index (χ1n) is 6.73. The van der Waals surface area contributed by atoms with Crippen molar-refractivity contribution >= 4 is 17.7 Å². The number of ether oxygens (including phenoxy) is 2. The van der Waals surface area contributed by atoms with Crippen molar-refractivity contribution < 1.29 is 19.1 Å². The molecule has 1 rings (SSSR count). The fourth-order valence-electron chi connectivity index (χ4n) is 1.82. The van der Waals surface area contributed by atoms with Gasteiger partial charge in [0.05, 0.1) is 26.3 Å². The van der Waals surface area contributed by atoms with E-state index in [2.05, 4.69) is 15.4 Å². The van der Waals surface area contributed by atoms with Crippen molar-refractivity contribution in [2.45, 2.75) is 32.2 Å². The molecule has 0 saturated heterocycles. The van der Waals surface area contributed by atoms with E-state index >= 15 is 0 Å². The summed E-state index contributed by atoms with van der Waals surface area (Å²) >= 11 is 0. The lowest BCUT2D eigenvalue weighted by molar-refractivity contribution is -0.142. The summed E-state index contributed by atoms with van der Waals surface area (Å²) in [6, 6.07) is 6.71. The smallest absolute Gasteiger partial charge is 0.319 e. The summed E-state index contributed by atoms with van der Waals surface area (Å²) in [6.45, 7) is 3.69. The number of nitrogens with one attached hydrogen (secondary N) is 2. The molecular formula is C15H22N2O4. The lowest BCUT2D eigenvalue weighted by Crippen LogP contribution is -2.48. The van der Waals surface area contributed by atoms with Crippen LogP contribution in [0, 0.1) is 0 Å². The third-order valence-electron chi connectivity index (χ3n) is 3.31. The molecule has 0 aliphatic carbocycles. The molecule has 21 heavy (non-hydrogen) atoms. The standard InChI is InChI=1S/C15H22N2O4/c1-5-15(2,10-13(18)21-4)17-14(19)16-11-8-6-7-9-12(11)20-3/h6-9H,5,10H2,1-4H3,(H2,16,17,19). The van der Waals surface area contributed by atoms with Crippen molar-refractivity contribution in [1.82, 2.24) is 5.32 Å². The largest absolute Gasteiger partial charge is 0.495 e. The van der Waals surface area contributed by atoms with Crippen LogP contribution in [0.1, 0.15) is 26.7 Å². The third-order valence-corrected chi connectivity index (χ3v) is 3.31. The summed E-state index contributed by atoms with van der Waals surface area (Å²) in [6.07, 6.45) is 0.709. The van der Waals surface area contributed by atoms with Crippen molar-refractivity contribution in [3.8, 4) is 5.75 Å². The van der Waals surface area contributed by atoms with Crippen LogP contribution in [0.15, 0.2) is 24.3 Å². The van der Waals surface area contributed by atoms with Crippen LogP contribution in [0.3, 0.4) is 0 Å². The van der Waals surface area contributed by atoms with Gasteiger partial charge in [-0.25, -0.2) is 4.79 Å². The maximum atomic E-state index is 12.1. The Morgan fingerprint density at radius 3 is 2.48 bits per heavy atom. The minimum absolute atomic E-state index is 0.110. The fourth-order valence-corrected chi connectivity index (χ4v) is 1.82. The van der Waals surface area contributed by atoms with Crippen LogP contribution in [0.25, 0.3) is 0 Å². The Hall–Kier alpha value is -2.24. The summed E-state index contributed by atoms with van der Waals surface area (Å²) in [4.78, 5) is 23.5. The molecule has 1 unspecified atom stereocenters. The number of esters is 1. The molecule has 0 aromatic heterocycles. The van der Waals surface area contributed by atoms with Crippen molar-refractivity contribution in [2.75, 3.05) is 19.5 Å². The van der Waals surface area contributed by atoms with E-state index in [9.17, 15) is 9.59 Å². The highest BCUT2D eigenvalue weighted by molar-refractivity contribution is 5.91. The summed E-state index contributed by atoms with van der Waals surface area (Å²) < 4.78 is 9.82. The molecule has 2 N–H and O–H groups in total. The maximum absolute atomic E-state index is 12.1. The third kappa shape index (κ3) is 4.98. The van der Waals surface area contributed by atoms with Gasteiger partial charge in [0.1, 0.15) is 5.75 Å². The zero-order valence-electron chi connectivity index (χ0n) is 12.9. The topological polar surface area (TPSA) is 76.7 Å². The molecule has 1 aromatic carbocycles. The number of benzene rings is 1. The summed E-state index contributed by atoms with van der Waals surface area (Å²) in [5.41, 5.74) is -0.104. The second-order valence-corrected chi connectivity index (χ2v) is 4.95. The molecule has 0 spiro atoms. The molecule has 6 nitrogen and oxygen atoms in total. The lowest BCUT2D eigenvalue weighted by Gasteiger charge is -2.28. The van der Waals surface area contributed by atoms with Crippen LogP contribution >= 0.6 is 0 Å². The van der Waals surface area contributed by atoms with Crippen LogP contribution < -0.4 is 15.4 Å². The van der Waals surface area contributed by atoms with E-state index in [1.165, 1.54) is 14.2 Å². The average molecular weight is 294 g/mol. The van der Waals surface area contributed by atoms with Gasteiger partial charge < -0.3 is 20.1 Å². The maximum Gasteiger partial charge on any atom is 0.319 e. The van der Waals surface area contributed by atoms with Crippen molar-refractivity contribution in [3.63, 3.8) is 0 Å². The quantitative estimate of drug-likeness (QED) is 0.790. The lowest BCUT2D eigenvalue weighted by atomic mass is 9.95. The number of carbonyl (C=O) groups is 2. The SMILES string of the molecule is CCC(C)(CC(=O)OC)NC(=O)Nc1ccccc1OC. The minimum atomic E-state index is -0.667. The Balaban J connectivity index is 2.73. The van der Waals surface area contributed by atoms with E-state index in [1.54, 1.807) is 25.1 Å². The molecule has 1 atom stereocenters. The second kappa shape index (κ2) is 7.52. The highest BCUT2D eigenvalue weighted by Gasteiger charge is 2.28. The second-order valence-electron chi connectivity index (χ2n) is 4.95. The van der Waals surface area contributed by atoms with Gasteiger partial charge in [-0.1, -0.05) is 19.1 Å². The molecular weight excluding hydrogens is 272 g/mol. The Bertz CT molecular complexity index is 504. The Morgan fingerprint density at radius 2 is 1.90 bits per heavy atom. The summed E-state index contributed by atoms with van der Waals surface area (Å²) in [5.74, 6) is 0.204. The van der Waals surface area contributed by atoms with Crippen LogP contribution in [0.4, 0.5) is 10.5 Å². The molecule has 0 fully saturated rings. The van der Waals surface area contributed by atoms with Gasteiger partial charge in [-0.2, -0.15) is 0 Å². The van der Waals surface area contributed by atoms with Gasteiger partial charge in [-0.05, 0) is 25.5 Å². The van der Waals surface area contributed by atoms with Gasteiger partial charge in [0.2, 0.25) is 0 Å². The fraction of sp³-hybridized carbons (Fsp3) is 0.467. The van der Waals surface area contributed by atoms with Gasteiger partial charge >= 0.3 is 12.0 Å². The number of carbonyl (C=O) groups excluding carboxylic acids is 2. The van der Waals surface area contributed by atoms with Gasteiger partial charge in [0.15, 0.2) is 0 Å². The monoisotopic (exact) mass is 294 g/mol. The molecule has 2 amide bonds. The van der Waals surface area contributed by atoms with Gasteiger partial charge in [-0.15, -0.1) is 0 Å². The molecule has 0 radical (unpaired) electrons. The number of urea groups is 1. The average Bonchev–Trinajstić information content (AvgIpc) is 2.47. The predicted octanol–water partition coefficient (Wildman–Crippen LogP) is 2.55. The first-order chi connectivity index (χ1) is 9.94. The normalized spacial score (nSPS) is 13.0. The number of rotatable bonds is 6. The number of hydrogen-bond donors (Lipinski definition) is 2. The van der Waals surface area contributed by atoms with Gasteiger partial charge in [0, 0.05) is 5.54 Å². The van der Waals surface area contributed by atoms with Crippen LogP contribution in [-0.2, 0) is 9.53 Å². The van der Waals surface area contributed by atoms with Crippen molar-refractivity contribution in [2.24, 2.45) is 0 Å². The van der Waals surface area contributed by atoms with E-state index in [1.807, 2.05) is 13.0 Å².